The molecule has 0 aromatic heterocycles. The van der Waals surface area contributed by atoms with Crippen molar-refractivity contribution in [3.8, 4) is 0 Å². The summed E-state index contributed by atoms with van der Waals surface area (Å²) in [4.78, 5) is 3.46. The molecule has 0 N–H and O–H groups in total. The quantitative estimate of drug-likeness (QED) is 0.391. The van der Waals surface area contributed by atoms with E-state index < -0.39 is 0 Å². The number of hydrogen-bond donors (Lipinski definition) is 0. The lowest BCUT2D eigenvalue weighted by Crippen LogP contribution is -1.80. The van der Waals surface area contributed by atoms with E-state index in [0.29, 0.717) is 0 Å². The third-order valence-electron chi connectivity index (χ3n) is 0.356. The predicted molar refractivity (Wildman–Crippen MR) is 23.9 cm³/mol. The first kappa shape index (κ1) is 3.61. The van der Waals surface area contributed by atoms with Crippen LogP contribution in [0.4, 0.5) is 0 Å². The normalized spacial score (nSPS) is 17.2. The van der Waals surface area contributed by atoms with E-state index in [4.69, 9.17) is 11.6 Å². The summed E-state index contributed by atoms with van der Waals surface area (Å²) in [5, 5.41) is 3.52. The molecule has 0 saturated carbocycles. The summed E-state index contributed by atoms with van der Waals surface area (Å²) < 4.78 is 0. The molecule has 0 bridgehead atoms. The van der Waals surface area contributed by atoms with Crippen LogP contribution in [0.5, 0.6) is 0 Å². The smallest absolute Gasteiger partial charge is 0.203 e. The van der Waals surface area contributed by atoms with Crippen LogP contribution < -0.4 is 5.43 Å². The van der Waals surface area contributed by atoms with Crippen LogP contribution in [0.2, 0.25) is 0 Å². The summed E-state index contributed by atoms with van der Waals surface area (Å²) in [6.07, 6.45) is 1.29. The molecule has 1 heterocycles. The van der Waals surface area contributed by atoms with Crippen LogP contribution in [0.25, 0.3) is 0 Å². The van der Waals surface area contributed by atoms with Gasteiger partial charge in [0.15, 0.2) is 0 Å². The predicted octanol–water partition coefficient (Wildman–Crippen LogP) is 0.142. The average Bonchev–Trinajstić information content (AvgIpc) is 1.86. The standard InChI is InChI=1S/C2HClN3/c3-2-4-1-5-6-2/h1H. The second kappa shape index (κ2) is 1.26. The Morgan fingerprint density at radius 3 is 2.67 bits per heavy atom. The second-order valence-electron chi connectivity index (χ2n) is 0.729. The fourth-order valence-electron chi connectivity index (χ4n) is 0.173. The minimum absolute atomic E-state index is 0.204. The fourth-order valence-corrected chi connectivity index (χ4v) is 0.260. The van der Waals surface area contributed by atoms with Crippen LogP contribution in [-0.2, 0) is 0 Å². The molecule has 1 rings (SSSR count). The number of rotatable bonds is 0. The van der Waals surface area contributed by atoms with Crippen molar-refractivity contribution < 1.29 is 0 Å². The molecule has 31 valence electrons. The van der Waals surface area contributed by atoms with Crippen molar-refractivity contribution in [3.05, 3.63) is 0 Å². The molecule has 0 unspecified atom stereocenters. The van der Waals surface area contributed by atoms with Crippen molar-refractivity contribution in [2.75, 3.05) is 0 Å². The van der Waals surface area contributed by atoms with E-state index in [-0.39, 0.29) is 5.29 Å². The van der Waals surface area contributed by atoms with Crippen molar-refractivity contribution in [1.82, 2.24) is 5.43 Å². The molecule has 0 amide bonds. The zero-order valence-corrected chi connectivity index (χ0v) is 3.55. The van der Waals surface area contributed by atoms with Crippen LogP contribution in [0.1, 0.15) is 0 Å². The van der Waals surface area contributed by atoms with E-state index in [2.05, 4.69) is 15.5 Å². The van der Waals surface area contributed by atoms with Crippen LogP contribution in [-0.4, -0.2) is 11.6 Å². The zero-order valence-electron chi connectivity index (χ0n) is 2.80. The van der Waals surface area contributed by atoms with Crippen molar-refractivity contribution in [2.24, 2.45) is 10.1 Å². The van der Waals surface area contributed by atoms with Crippen LogP contribution in [0.15, 0.2) is 10.1 Å². The van der Waals surface area contributed by atoms with Crippen molar-refractivity contribution in [2.45, 2.75) is 0 Å². The van der Waals surface area contributed by atoms with Gasteiger partial charge in [-0.15, -0.1) is 10.5 Å². The summed E-state index contributed by atoms with van der Waals surface area (Å²) in [5.74, 6) is 0. The molecule has 0 aliphatic carbocycles. The molecule has 3 nitrogen and oxygen atoms in total. The molecule has 0 spiro atoms. The maximum absolute atomic E-state index is 5.17. The molecule has 4 heteroatoms. The van der Waals surface area contributed by atoms with Gasteiger partial charge in [-0.2, -0.15) is 0 Å². The van der Waals surface area contributed by atoms with Gasteiger partial charge in [-0.25, -0.2) is 4.99 Å². The van der Waals surface area contributed by atoms with Gasteiger partial charge < -0.3 is 0 Å². The van der Waals surface area contributed by atoms with Gasteiger partial charge in [0.05, 0.1) is 0 Å². The van der Waals surface area contributed by atoms with Gasteiger partial charge in [0.1, 0.15) is 6.34 Å². The number of amidine groups is 1. The largest absolute Gasteiger partial charge is 0.244 e. The molecule has 1 radical (unpaired) electrons. The van der Waals surface area contributed by atoms with Gasteiger partial charge in [0.25, 0.3) is 0 Å². The Balaban J connectivity index is 2.68. The molecule has 0 aromatic carbocycles. The Bertz CT molecular complexity index is 103. The minimum Gasteiger partial charge on any atom is -0.203 e. The van der Waals surface area contributed by atoms with E-state index in [0.717, 1.165) is 0 Å². The number of nitrogens with zero attached hydrogens (tertiary/aromatic N) is 3. The monoisotopic (exact) mass is 102 g/mol. The Morgan fingerprint density at radius 1 is 1.67 bits per heavy atom. The molecule has 6 heavy (non-hydrogen) atoms. The number of aliphatic imine (C=N–C) groups is 1. The van der Waals surface area contributed by atoms with Crippen LogP contribution in [0, 0.1) is 0 Å². The maximum Gasteiger partial charge on any atom is 0.244 e. The van der Waals surface area contributed by atoms with Gasteiger partial charge in [-0.3, -0.25) is 0 Å². The van der Waals surface area contributed by atoms with E-state index in [1.807, 2.05) is 0 Å². The van der Waals surface area contributed by atoms with Crippen molar-refractivity contribution >= 4 is 23.2 Å². The lowest BCUT2D eigenvalue weighted by molar-refractivity contribution is 1.07. The van der Waals surface area contributed by atoms with E-state index in [1.165, 1.54) is 6.34 Å². The third-order valence-corrected chi connectivity index (χ3v) is 0.529. The first-order valence-electron chi connectivity index (χ1n) is 1.35. The lowest BCUT2D eigenvalue weighted by atomic mass is 11.3. The molecule has 0 fully saturated rings. The summed E-state index contributed by atoms with van der Waals surface area (Å²) in [6.45, 7) is 0. The van der Waals surface area contributed by atoms with Crippen LogP contribution in [0.3, 0.4) is 0 Å². The van der Waals surface area contributed by atoms with Gasteiger partial charge in [0, 0.05) is 0 Å². The minimum atomic E-state index is 0.204. The molecule has 0 saturated heterocycles. The Labute approximate surface area is 39.7 Å². The van der Waals surface area contributed by atoms with Crippen molar-refractivity contribution in [3.63, 3.8) is 0 Å². The first-order chi connectivity index (χ1) is 2.89. The molecule has 0 atom stereocenters. The highest BCUT2D eigenvalue weighted by Gasteiger charge is 1.91. The van der Waals surface area contributed by atoms with Crippen LogP contribution >= 0.6 is 11.6 Å². The zero-order chi connectivity index (χ0) is 4.41. The highest BCUT2D eigenvalue weighted by atomic mass is 35.5. The number of hydrogen-bond acceptors (Lipinski definition) is 2. The number of halogens is 1. The molecule has 1 aliphatic heterocycles. The van der Waals surface area contributed by atoms with Gasteiger partial charge >= 0.3 is 0 Å². The van der Waals surface area contributed by atoms with Crippen molar-refractivity contribution in [1.29, 1.82) is 0 Å². The molecular weight excluding hydrogens is 101 g/mol. The summed E-state index contributed by atoms with van der Waals surface area (Å²) >= 11 is 5.17. The third kappa shape index (κ3) is 0.490. The summed E-state index contributed by atoms with van der Waals surface area (Å²) in [7, 11) is 0. The average molecular weight is 103 g/mol. The van der Waals surface area contributed by atoms with E-state index in [1.54, 1.807) is 0 Å². The fraction of sp³-hybridized carbons (Fsp3) is 0. The van der Waals surface area contributed by atoms with E-state index in [9.17, 15) is 0 Å². The lowest BCUT2D eigenvalue weighted by Gasteiger charge is -1.65. The summed E-state index contributed by atoms with van der Waals surface area (Å²) in [6, 6.07) is 0. The maximum atomic E-state index is 5.17. The Morgan fingerprint density at radius 2 is 2.50 bits per heavy atom. The highest BCUT2D eigenvalue weighted by Crippen LogP contribution is 1.88. The first-order valence-corrected chi connectivity index (χ1v) is 1.73. The Hall–Kier alpha value is -0.570. The molecule has 0 aromatic rings. The topological polar surface area (TPSA) is 38.8 Å². The van der Waals surface area contributed by atoms with E-state index >= 15 is 0 Å². The highest BCUT2D eigenvalue weighted by molar-refractivity contribution is 6.65. The SMILES string of the molecule is ClC1=N[N]C=N1. The van der Waals surface area contributed by atoms with Gasteiger partial charge in [-0.1, -0.05) is 0 Å². The van der Waals surface area contributed by atoms with Gasteiger partial charge in [0.2, 0.25) is 5.29 Å². The second-order valence-corrected chi connectivity index (χ2v) is 1.07. The Kier molecular flexibility index (Phi) is 0.759. The molecule has 1 aliphatic rings. The molecular formula is C2HClN3. The summed E-state index contributed by atoms with van der Waals surface area (Å²) in [5.41, 5.74) is 3.33. The van der Waals surface area contributed by atoms with Gasteiger partial charge in [-0.05, 0) is 11.6 Å².